The molecule has 1 rings (SSSR count). The van der Waals surface area contributed by atoms with E-state index >= 15 is 0 Å². The molecule has 0 unspecified atom stereocenters. The highest BCUT2D eigenvalue weighted by Crippen LogP contribution is 2.11. The van der Waals surface area contributed by atoms with Crippen molar-refractivity contribution in [2.24, 2.45) is 5.73 Å². The molecule has 4 nitrogen and oxygen atoms in total. The zero-order valence-corrected chi connectivity index (χ0v) is 7.79. The lowest BCUT2D eigenvalue weighted by molar-refractivity contribution is -0.384. The lowest BCUT2D eigenvalue weighted by Crippen LogP contribution is -2.02. The molecular weight excluding hydrogens is 192 g/mol. The summed E-state index contributed by atoms with van der Waals surface area (Å²) in [6, 6.07) is 6.44. The Balaban J connectivity index is 0.00000144. The van der Waals surface area contributed by atoms with Gasteiger partial charge in [0.05, 0.1) is 4.92 Å². The molecule has 1 aromatic carbocycles. The fourth-order valence-corrected chi connectivity index (χ4v) is 0.951. The van der Waals surface area contributed by atoms with Crippen LogP contribution in [0.25, 0.3) is 0 Å². The summed E-state index contributed by atoms with van der Waals surface area (Å²) >= 11 is 0. The molecule has 0 atom stereocenters. The fraction of sp³-hybridized carbons (Fsp3) is 0.250. The van der Waals surface area contributed by atoms with Gasteiger partial charge in [0.25, 0.3) is 5.69 Å². The molecule has 0 saturated heterocycles. The van der Waals surface area contributed by atoms with Gasteiger partial charge in [-0.05, 0) is 18.5 Å². The summed E-state index contributed by atoms with van der Waals surface area (Å²) in [5, 5.41) is 10.3. The molecule has 13 heavy (non-hydrogen) atoms. The third-order valence-corrected chi connectivity index (χ3v) is 1.58. The molecule has 2 N–H and O–H groups in total. The van der Waals surface area contributed by atoms with Gasteiger partial charge in [-0.2, -0.15) is 0 Å². The van der Waals surface area contributed by atoms with Crippen molar-refractivity contribution in [3.8, 4) is 0 Å². The first-order chi connectivity index (χ1) is 5.74. The first kappa shape index (κ1) is 11.9. The highest BCUT2D eigenvalue weighted by atomic mass is 35.5. The standard InChI is InChI=1S/C8H10N2O2.ClH/c9-6-5-7-1-3-8(4-2-7)10(11)12;/h1-4H,5-6,9H2;1H. The number of hydrogen-bond donors (Lipinski definition) is 1. The third kappa shape index (κ3) is 3.40. The third-order valence-electron chi connectivity index (χ3n) is 1.58. The summed E-state index contributed by atoms with van der Waals surface area (Å²) < 4.78 is 0. The van der Waals surface area contributed by atoms with Crippen LogP contribution >= 0.6 is 12.4 Å². The monoisotopic (exact) mass is 202 g/mol. The average Bonchev–Trinajstić information content (AvgIpc) is 2.06. The van der Waals surface area contributed by atoms with Crippen molar-refractivity contribution in [1.29, 1.82) is 0 Å². The van der Waals surface area contributed by atoms with E-state index in [1.165, 1.54) is 12.1 Å². The topological polar surface area (TPSA) is 69.2 Å². The van der Waals surface area contributed by atoms with E-state index in [4.69, 9.17) is 5.73 Å². The summed E-state index contributed by atoms with van der Waals surface area (Å²) in [4.78, 5) is 9.84. The molecule has 0 bridgehead atoms. The van der Waals surface area contributed by atoms with Gasteiger partial charge in [-0.15, -0.1) is 12.4 Å². The fourth-order valence-electron chi connectivity index (χ4n) is 0.951. The van der Waals surface area contributed by atoms with Crippen LogP contribution in [0.1, 0.15) is 5.56 Å². The van der Waals surface area contributed by atoms with Crippen LogP contribution in [0.2, 0.25) is 0 Å². The van der Waals surface area contributed by atoms with Crippen molar-refractivity contribution in [2.75, 3.05) is 6.54 Å². The van der Waals surface area contributed by atoms with Crippen LogP contribution in [0.15, 0.2) is 24.3 Å². The van der Waals surface area contributed by atoms with Gasteiger partial charge >= 0.3 is 0 Å². The SMILES string of the molecule is Cl.NCCc1ccc([N+](=O)[O-])cc1. The minimum atomic E-state index is -0.410. The lowest BCUT2D eigenvalue weighted by atomic mass is 10.1. The van der Waals surface area contributed by atoms with Gasteiger partial charge < -0.3 is 5.73 Å². The van der Waals surface area contributed by atoms with Gasteiger partial charge in [0.2, 0.25) is 0 Å². The molecule has 1 aromatic rings. The number of halogens is 1. The number of rotatable bonds is 3. The molecule has 72 valence electrons. The maximum Gasteiger partial charge on any atom is 0.269 e. The first-order valence-corrected chi connectivity index (χ1v) is 3.67. The predicted octanol–water partition coefficient (Wildman–Crippen LogP) is 1.52. The second-order valence-electron chi connectivity index (χ2n) is 2.46. The Morgan fingerprint density at radius 3 is 2.23 bits per heavy atom. The molecule has 0 fully saturated rings. The molecule has 0 aliphatic heterocycles. The molecule has 0 heterocycles. The Hall–Kier alpha value is -1.13. The zero-order valence-electron chi connectivity index (χ0n) is 6.97. The van der Waals surface area contributed by atoms with Gasteiger partial charge in [0, 0.05) is 12.1 Å². The van der Waals surface area contributed by atoms with Crippen molar-refractivity contribution < 1.29 is 4.92 Å². The highest BCUT2D eigenvalue weighted by molar-refractivity contribution is 5.85. The Labute approximate surface area is 82.3 Å². The molecule has 0 aliphatic rings. The quantitative estimate of drug-likeness (QED) is 0.597. The molecule has 0 radical (unpaired) electrons. The lowest BCUT2D eigenvalue weighted by Gasteiger charge is -1.96. The van der Waals surface area contributed by atoms with Gasteiger partial charge in [-0.1, -0.05) is 12.1 Å². The Morgan fingerprint density at radius 1 is 1.31 bits per heavy atom. The molecule has 0 amide bonds. The summed E-state index contributed by atoms with van der Waals surface area (Å²) in [5.41, 5.74) is 6.48. The maximum absolute atomic E-state index is 10.3. The number of nitro groups is 1. The van der Waals surface area contributed by atoms with Crippen molar-refractivity contribution in [3.63, 3.8) is 0 Å². The van der Waals surface area contributed by atoms with Crippen LogP contribution < -0.4 is 5.73 Å². The van der Waals surface area contributed by atoms with Crippen LogP contribution in [0.3, 0.4) is 0 Å². The summed E-state index contributed by atoms with van der Waals surface area (Å²) in [6.07, 6.45) is 0.762. The minimum absolute atomic E-state index is 0. The van der Waals surface area contributed by atoms with E-state index in [-0.39, 0.29) is 18.1 Å². The van der Waals surface area contributed by atoms with Crippen molar-refractivity contribution in [3.05, 3.63) is 39.9 Å². The van der Waals surface area contributed by atoms with Crippen molar-refractivity contribution >= 4 is 18.1 Å². The number of hydrogen-bond acceptors (Lipinski definition) is 3. The van der Waals surface area contributed by atoms with Gasteiger partial charge in [-0.25, -0.2) is 0 Å². The number of nitrogens with two attached hydrogens (primary N) is 1. The van der Waals surface area contributed by atoms with Gasteiger partial charge in [-0.3, -0.25) is 10.1 Å². The second-order valence-corrected chi connectivity index (χ2v) is 2.46. The van der Waals surface area contributed by atoms with Crippen LogP contribution in [0.5, 0.6) is 0 Å². The van der Waals surface area contributed by atoms with E-state index in [9.17, 15) is 10.1 Å². The van der Waals surface area contributed by atoms with E-state index in [2.05, 4.69) is 0 Å². The Morgan fingerprint density at radius 2 is 1.85 bits per heavy atom. The Bertz CT molecular complexity index is 274. The minimum Gasteiger partial charge on any atom is -0.330 e. The first-order valence-electron chi connectivity index (χ1n) is 3.67. The summed E-state index contributed by atoms with van der Waals surface area (Å²) in [7, 11) is 0. The highest BCUT2D eigenvalue weighted by Gasteiger charge is 2.02. The van der Waals surface area contributed by atoms with Crippen LogP contribution in [-0.2, 0) is 6.42 Å². The van der Waals surface area contributed by atoms with Crippen molar-refractivity contribution in [1.82, 2.24) is 0 Å². The molecule has 0 aliphatic carbocycles. The molecule has 0 aromatic heterocycles. The molecule has 0 saturated carbocycles. The number of benzene rings is 1. The van der Waals surface area contributed by atoms with E-state index in [1.807, 2.05) is 0 Å². The van der Waals surface area contributed by atoms with E-state index < -0.39 is 4.92 Å². The van der Waals surface area contributed by atoms with Crippen LogP contribution in [0.4, 0.5) is 5.69 Å². The van der Waals surface area contributed by atoms with E-state index in [1.54, 1.807) is 12.1 Å². The zero-order chi connectivity index (χ0) is 8.97. The normalized spacial score (nSPS) is 9.00. The van der Waals surface area contributed by atoms with Crippen molar-refractivity contribution in [2.45, 2.75) is 6.42 Å². The van der Waals surface area contributed by atoms with E-state index in [0.29, 0.717) is 6.54 Å². The summed E-state index contributed by atoms with van der Waals surface area (Å²) in [5.74, 6) is 0. The molecule has 5 heteroatoms. The maximum atomic E-state index is 10.3. The van der Waals surface area contributed by atoms with E-state index in [0.717, 1.165) is 12.0 Å². The largest absolute Gasteiger partial charge is 0.330 e. The second kappa shape index (κ2) is 5.50. The molecular formula is C8H11ClN2O2. The van der Waals surface area contributed by atoms with Gasteiger partial charge in [0.15, 0.2) is 0 Å². The Kier molecular flexibility index (Phi) is 5.03. The molecule has 0 spiro atoms. The number of nitrogens with zero attached hydrogens (tertiary/aromatic N) is 1. The van der Waals surface area contributed by atoms with Crippen LogP contribution in [-0.4, -0.2) is 11.5 Å². The van der Waals surface area contributed by atoms with Crippen LogP contribution in [0, 0.1) is 10.1 Å². The summed E-state index contributed by atoms with van der Waals surface area (Å²) in [6.45, 7) is 0.567. The smallest absolute Gasteiger partial charge is 0.269 e. The number of non-ortho nitro benzene ring substituents is 1. The number of nitro benzene ring substituents is 1. The average molecular weight is 203 g/mol. The van der Waals surface area contributed by atoms with Gasteiger partial charge in [0.1, 0.15) is 0 Å². The predicted molar refractivity (Wildman–Crippen MR) is 53.1 cm³/mol.